The molecular weight excluding hydrogens is 319 g/mol. The summed E-state index contributed by atoms with van der Waals surface area (Å²) in [5.41, 5.74) is 2.21. The SMILES string of the molecule is C=C[C@](C)(c1cc(-c2ccc(F)c(C)c2)cs1)C(C)C(=O)/C=C\C. The molecule has 0 fully saturated rings. The number of aryl methyl sites for hydroxylation is 1. The maximum atomic E-state index is 13.5. The van der Waals surface area contributed by atoms with Crippen molar-refractivity contribution >= 4 is 17.1 Å². The van der Waals surface area contributed by atoms with E-state index in [1.807, 2.05) is 32.9 Å². The summed E-state index contributed by atoms with van der Waals surface area (Å²) in [7, 11) is 0. The van der Waals surface area contributed by atoms with E-state index in [1.54, 1.807) is 36.5 Å². The molecule has 0 radical (unpaired) electrons. The van der Waals surface area contributed by atoms with Crippen LogP contribution in [0.4, 0.5) is 4.39 Å². The largest absolute Gasteiger partial charge is 0.295 e. The molecule has 0 N–H and O–H groups in total. The van der Waals surface area contributed by atoms with Gasteiger partial charge in [0.2, 0.25) is 0 Å². The van der Waals surface area contributed by atoms with Gasteiger partial charge in [0.1, 0.15) is 5.82 Å². The van der Waals surface area contributed by atoms with E-state index in [4.69, 9.17) is 0 Å². The zero-order valence-electron chi connectivity index (χ0n) is 14.6. The Bertz CT molecular complexity index is 787. The lowest BCUT2D eigenvalue weighted by Gasteiger charge is -2.30. The topological polar surface area (TPSA) is 17.1 Å². The van der Waals surface area contributed by atoms with Crippen LogP contribution in [0.25, 0.3) is 11.1 Å². The van der Waals surface area contributed by atoms with Crippen LogP contribution in [0.5, 0.6) is 0 Å². The summed E-state index contributed by atoms with van der Waals surface area (Å²) in [5.74, 6) is -0.309. The molecule has 1 unspecified atom stereocenters. The van der Waals surface area contributed by atoms with E-state index in [2.05, 4.69) is 18.0 Å². The van der Waals surface area contributed by atoms with Crippen LogP contribution in [0.2, 0.25) is 0 Å². The first-order valence-electron chi connectivity index (χ1n) is 7.99. The minimum absolute atomic E-state index is 0.0903. The highest BCUT2D eigenvalue weighted by molar-refractivity contribution is 7.10. The van der Waals surface area contributed by atoms with Crippen LogP contribution >= 0.6 is 11.3 Å². The van der Waals surface area contributed by atoms with E-state index < -0.39 is 5.41 Å². The Kier molecular flexibility index (Phi) is 5.55. The molecule has 0 spiro atoms. The number of halogens is 1. The van der Waals surface area contributed by atoms with Gasteiger partial charge in [-0.1, -0.05) is 32.1 Å². The zero-order chi connectivity index (χ0) is 17.9. The molecule has 0 aliphatic heterocycles. The summed E-state index contributed by atoms with van der Waals surface area (Å²) in [6, 6.07) is 7.21. The lowest BCUT2D eigenvalue weighted by Crippen LogP contribution is -2.32. The number of ketones is 1. The average Bonchev–Trinajstić information content (AvgIpc) is 3.06. The first-order valence-corrected chi connectivity index (χ1v) is 8.87. The van der Waals surface area contributed by atoms with Gasteiger partial charge in [0.05, 0.1) is 0 Å². The van der Waals surface area contributed by atoms with Gasteiger partial charge in [-0.05, 0) is 60.2 Å². The van der Waals surface area contributed by atoms with Gasteiger partial charge >= 0.3 is 0 Å². The van der Waals surface area contributed by atoms with Crippen LogP contribution in [0, 0.1) is 18.7 Å². The van der Waals surface area contributed by atoms with Gasteiger partial charge < -0.3 is 0 Å². The van der Waals surface area contributed by atoms with Gasteiger partial charge in [-0.25, -0.2) is 4.39 Å². The van der Waals surface area contributed by atoms with Gasteiger partial charge in [-0.15, -0.1) is 17.9 Å². The molecular formula is C21H23FOS. The number of rotatable bonds is 6. The molecule has 126 valence electrons. The monoisotopic (exact) mass is 342 g/mol. The third kappa shape index (κ3) is 3.41. The van der Waals surface area contributed by atoms with Gasteiger partial charge in [0.25, 0.3) is 0 Å². The predicted octanol–water partition coefficient (Wildman–Crippen LogP) is 6.09. The Morgan fingerprint density at radius 2 is 2.04 bits per heavy atom. The minimum Gasteiger partial charge on any atom is -0.295 e. The van der Waals surface area contributed by atoms with Gasteiger partial charge in [0, 0.05) is 16.2 Å². The third-order valence-electron chi connectivity index (χ3n) is 4.70. The lowest BCUT2D eigenvalue weighted by atomic mass is 9.74. The van der Waals surface area contributed by atoms with Crippen molar-refractivity contribution in [2.24, 2.45) is 5.92 Å². The molecule has 0 aliphatic carbocycles. The lowest BCUT2D eigenvalue weighted by molar-refractivity contribution is -0.119. The fourth-order valence-corrected chi connectivity index (χ4v) is 3.86. The normalized spacial score (nSPS) is 15.2. The Morgan fingerprint density at radius 1 is 1.33 bits per heavy atom. The summed E-state index contributed by atoms with van der Waals surface area (Å²) in [6.07, 6.45) is 5.23. The van der Waals surface area contributed by atoms with Crippen molar-refractivity contribution in [1.29, 1.82) is 0 Å². The number of hydrogen-bond donors (Lipinski definition) is 0. The highest BCUT2D eigenvalue weighted by Crippen LogP contribution is 2.40. The summed E-state index contributed by atoms with van der Waals surface area (Å²) < 4.78 is 13.5. The summed E-state index contributed by atoms with van der Waals surface area (Å²) in [5, 5.41) is 2.05. The minimum atomic E-state index is -0.436. The molecule has 1 heterocycles. The molecule has 1 aromatic heterocycles. The van der Waals surface area contributed by atoms with Crippen LogP contribution in [-0.2, 0) is 10.2 Å². The summed E-state index contributed by atoms with van der Waals surface area (Å²) in [6.45, 7) is 11.5. The van der Waals surface area contributed by atoms with E-state index in [1.165, 1.54) is 6.07 Å². The number of thiophene rings is 1. The van der Waals surface area contributed by atoms with E-state index in [9.17, 15) is 9.18 Å². The van der Waals surface area contributed by atoms with Crippen LogP contribution in [0.3, 0.4) is 0 Å². The van der Waals surface area contributed by atoms with Gasteiger partial charge in [-0.2, -0.15) is 0 Å². The molecule has 0 saturated carbocycles. The Hall–Kier alpha value is -2.00. The van der Waals surface area contributed by atoms with E-state index in [0.717, 1.165) is 16.0 Å². The molecule has 0 aliphatic rings. The number of carbonyl (C=O) groups is 1. The molecule has 3 heteroatoms. The maximum absolute atomic E-state index is 13.5. The van der Waals surface area contributed by atoms with Crippen molar-refractivity contribution in [2.45, 2.75) is 33.1 Å². The highest BCUT2D eigenvalue weighted by Gasteiger charge is 2.35. The number of hydrogen-bond acceptors (Lipinski definition) is 2. The van der Waals surface area contributed by atoms with Crippen molar-refractivity contribution in [3.8, 4) is 11.1 Å². The Morgan fingerprint density at radius 3 is 2.62 bits per heavy atom. The van der Waals surface area contributed by atoms with Crippen molar-refractivity contribution in [1.82, 2.24) is 0 Å². The van der Waals surface area contributed by atoms with Crippen molar-refractivity contribution in [3.05, 3.63) is 70.7 Å². The van der Waals surface area contributed by atoms with Crippen LogP contribution < -0.4 is 0 Å². The molecule has 0 amide bonds. The zero-order valence-corrected chi connectivity index (χ0v) is 15.4. The fourth-order valence-electron chi connectivity index (χ4n) is 2.69. The molecule has 0 saturated heterocycles. The van der Waals surface area contributed by atoms with Crippen LogP contribution in [-0.4, -0.2) is 5.78 Å². The van der Waals surface area contributed by atoms with E-state index >= 15 is 0 Å². The Labute approximate surface area is 147 Å². The van der Waals surface area contributed by atoms with E-state index in [-0.39, 0.29) is 17.5 Å². The van der Waals surface area contributed by atoms with Gasteiger partial charge in [0.15, 0.2) is 5.78 Å². The predicted molar refractivity (Wildman–Crippen MR) is 101 cm³/mol. The maximum Gasteiger partial charge on any atom is 0.159 e. The summed E-state index contributed by atoms with van der Waals surface area (Å²) in [4.78, 5) is 13.4. The van der Waals surface area contributed by atoms with Crippen LogP contribution in [0.15, 0.2) is 54.5 Å². The Balaban J connectivity index is 2.41. The third-order valence-corrected chi connectivity index (χ3v) is 5.89. The molecule has 2 atom stereocenters. The highest BCUT2D eigenvalue weighted by atomic mass is 32.1. The molecule has 24 heavy (non-hydrogen) atoms. The smallest absolute Gasteiger partial charge is 0.159 e. The summed E-state index contributed by atoms with van der Waals surface area (Å²) >= 11 is 1.61. The first kappa shape index (κ1) is 18.3. The van der Waals surface area contributed by atoms with Crippen molar-refractivity contribution < 1.29 is 9.18 Å². The number of benzene rings is 1. The standard InChI is InChI=1S/C21H23FOS/c1-6-8-19(23)15(4)21(5,7-2)20-12-17(13-24-20)16-9-10-18(22)14(3)11-16/h6-13,15H,2H2,1,3-5H3/b8-6-/t15?,21-/m0/s1. The van der Waals surface area contributed by atoms with Crippen LogP contribution in [0.1, 0.15) is 31.2 Å². The number of allylic oxidation sites excluding steroid dienone is 3. The molecule has 1 nitrogen and oxygen atoms in total. The van der Waals surface area contributed by atoms with E-state index in [0.29, 0.717) is 5.56 Å². The second-order valence-corrected chi connectivity index (χ2v) is 7.19. The first-order chi connectivity index (χ1) is 11.3. The molecule has 2 rings (SSSR count). The van der Waals surface area contributed by atoms with Crippen molar-refractivity contribution in [3.63, 3.8) is 0 Å². The average molecular weight is 342 g/mol. The van der Waals surface area contributed by atoms with Crippen molar-refractivity contribution in [2.75, 3.05) is 0 Å². The molecule has 1 aromatic carbocycles. The fraction of sp³-hybridized carbons (Fsp3) is 0.286. The quantitative estimate of drug-likeness (QED) is 0.459. The van der Waals surface area contributed by atoms with Gasteiger partial charge in [-0.3, -0.25) is 4.79 Å². The number of carbonyl (C=O) groups excluding carboxylic acids is 1. The second kappa shape index (κ2) is 7.27. The molecule has 0 bridgehead atoms. The second-order valence-electron chi connectivity index (χ2n) is 6.27. The molecule has 2 aromatic rings.